The smallest absolute Gasteiger partial charge is 0.339 e. The van der Waals surface area contributed by atoms with Crippen molar-refractivity contribution in [1.29, 1.82) is 0 Å². The van der Waals surface area contributed by atoms with E-state index in [-0.39, 0.29) is 5.56 Å². The molecule has 1 heterocycles. The predicted molar refractivity (Wildman–Crippen MR) is 65.6 cm³/mol. The van der Waals surface area contributed by atoms with Crippen molar-refractivity contribution in [2.45, 2.75) is 0 Å². The first-order valence-corrected chi connectivity index (χ1v) is 5.47. The molecule has 88 valence electrons. The zero-order valence-electron chi connectivity index (χ0n) is 8.82. The van der Waals surface area contributed by atoms with Crippen LogP contribution in [-0.4, -0.2) is 20.9 Å². The molecular weight excluding hydrogens is 263 g/mol. The van der Waals surface area contributed by atoms with Crippen LogP contribution in [0.5, 0.6) is 0 Å². The molecular formula is C11H8Cl2N2O2. The molecule has 0 unspecified atom stereocenters. The minimum Gasteiger partial charge on any atom is -0.478 e. The number of carboxylic acids is 1. The maximum atomic E-state index is 11.1. The summed E-state index contributed by atoms with van der Waals surface area (Å²) in [7, 11) is 1.65. The normalized spacial score (nSPS) is 10.5. The van der Waals surface area contributed by atoms with Crippen LogP contribution in [0.1, 0.15) is 10.4 Å². The van der Waals surface area contributed by atoms with Crippen molar-refractivity contribution in [1.82, 2.24) is 9.78 Å². The first-order chi connectivity index (χ1) is 7.99. The summed E-state index contributed by atoms with van der Waals surface area (Å²) >= 11 is 11.9. The number of hydrogen-bond acceptors (Lipinski definition) is 2. The average molecular weight is 271 g/mol. The molecule has 6 heteroatoms. The summed E-state index contributed by atoms with van der Waals surface area (Å²) in [6.45, 7) is 0. The van der Waals surface area contributed by atoms with E-state index in [1.807, 2.05) is 0 Å². The molecule has 2 rings (SSSR count). The molecule has 4 nitrogen and oxygen atoms in total. The second-order valence-corrected chi connectivity index (χ2v) is 4.34. The molecule has 0 saturated carbocycles. The zero-order chi connectivity index (χ0) is 12.6. The molecule has 0 bridgehead atoms. The van der Waals surface area contributed by atoms with Crippen LogP contribution in [0.2, 0.25) is 10.0 Å². The Kier molecular flexibility index (Phi) is 3.09. The van der Waals surface area contributed by atoms with Gasteiger partial charge in [0.25, 0.3) is 0 Å². The lowest BCUT2D eigenvalue weighted by molar-refractivity contribution is 0.0697. The van der Waals surface area contributed by atoms with Gasteiger partial charge in [0.2, 0.25) is 0 Å². The Bertz CT molecular complexity index is 593. The van der Waals surface area contributed by atoms with E-state index in [0.29, 0.717) is 21.3 Å². The number of aromatic carboxylic acids is 1. The van der Waals surface area contributed by atoms with Gasteiger partial charge in [0.1, 0.15) is 11.3 Å². The van der Waals surface area contributed by atoms with E-state index in [1.54, 1.807) is 25.2 Å². The number of rotatable bonds is 2. The summed E-state index contributed by atoms with van der Waals surface area (Å²) in [5, 5.41) is 14.1. The number of hydrogen-bond donors (Lipinski definition) is 1. The van der Waals surface area contributed by atoms with Gasteiger partial charge in [-0.15, -0.1) is 0 Å². The lowest BCUT2D eigenvalue weighted by Gasteiger charge is -2.02. The lowest BCUT2D eigenvalue weighted by atomic mass is 10.1. The highest BCUT2D eigenvalue weighted by molar-refractivity contribution is 6.35. The van der Waals surface area contributed by atoms with E-state index in [9.17, 15) is 4.79 Å². The van der Waals surface area contributed by atoms with Gasteiger partial charge in [0.05, 0.1) is 5.02 Å². The van der Waals surface area contributed by atoms with Crippen molar-refractivity contribution < 1.29 is 9.90 Å². The minimum absolute atomic E-state index is 0.0941. The molecule has 0 saturated heterocycles. The first-order valence-electron chi connectivity index (χ1n) is 4.71. The van der Waals surface area contributed by atoms with Crippen LogP contribution in [0.3, 0.4) is 0 Å². The van der Waals surface area contributed by atoms with Crippen LogP contribution in [0, 0.1) is 0 Å². The van der Waals surface area contributed by atoms with Crippen molar-refractivity contribution in [2.75, 3.05) is 0 Å². The van der Waals surface area contributed by atoms with Crippen molar-refractivity contribution in [2.24, 2.45) is 7.05 Å². The fraction of sp³-hybridized carbons (Fsp3) is 0.0909. The van der Waals surface area contributed by atoms with Crippen LogP contribution < -0.4 is 0 Å². The predicted octanol–water partition coefficient (Wildman–Crippen LogP) is 3.09. The van der Waals surface area contributed by atoms with E-state index in [4.69, 9.17) is 28.3 Å². The van der Waals surface area contributed by atoms with Gasteiger partial charge in [-0.3, -0.25) is 4.68 Å². The largest absolute Gasteiger partial charge is 0.478 e. The summed E-state index contributed by atoms with van der Waals surface area (Å²) in [6.07, 6.45) is 1.43. The summed E-state index contributed by atoms with van der Waals surface area (Å²) in [6, 6.07) is 4.84. The summed E-state index contributed by atoms with van der Waals surface area (Å²) in [4.78, 5) is 11.1. The fourth-order valence-corrected chi connectivity index (χ4v) is 1.90. The molecule has 0 amide bonds. The quantitative estimate of drug-likeness (QED) is 0.913. The molecule has 2 aromatic rings. The Balaban J connectivity index is 2.67. The van der Waals surface area contributed by atoms with Gasteiger partial charge in [0, 0.05) is 23.8 Å². The van der Waals surface area contributed by atoms with Crippen LogP contribution in [0.4, 0.5) is 0 Å². The second-order valence-electron chi connectivity index (χ2n) is 3.49. The number of halogens is 2. The van der Waals surface area contributed by atoms with Gasteiger partial charge in [-0.25, -0.2) is 4.79 Å². The minimum atomic E-state index is -1.05. The van der Waals surface area contributed by atoms with Crippen LogP contribution >= 0.6 is 23.2 Å². The third kappa shape index (κ3) is 2.28. The number of carbonyl (C=O) groups is 1. The number of carboxylic acid groups (broad SMARTS) is 1. The average Bonchev–Trinajstić information content (AvgIpc) is 2.64. The number of aryl methyl sites for hydroxylation is 1. The van der Waals surface area contributed by atoms with Crippen molar-refractivity contribution in [3.05, 3.63) is 40.0 Å². The van der Waals surface area contributed by atoms with Gasteiger partial charge in [0.15, 0.2) is 0 Å². The van der Waals surface area contributed by atoms with E-state index in [1.165, 1.54) is 10.9 Å². The van der Waals surface area contributed by atoms with Crippen molar-refractivity contribution in [3.8, 4) is 11.3 Å². The van der Waals surface area contributed by atoms with Crippen molar-refractivity contribution >= 4 is 29.2 Å². The number of benzene rings is 1. The lowest BCUT2D eigenvalue weighted by Crippen LogP contribution is -1.97. The molecule has 1 aromatic carbocycles. The molecule has 0 atom stereocenters. The van der Waals surface area contributed by atoms with E-state index < -0.39 is 5.97 Å². The van der Waals surface area contributed by atoms with Gasteiger partial charge in [-0.05, 0) is 18.2 Å². The molecule has 17 heavy (non-hydrogen) atoms. The van der Waals surface area contributed by atoms with Crippen LogP contribution in [0.15, 0.2) is 24.4 Å². The summed E-state index contributed by atoms with van der Waals surface area (Å²) in [5.74, 6) is -1.05. The maximum absolute atomic E-state index is 11.1. The molecule has 0 spiro atoms. The van der Waals surface area contributed by atoms with Gasteiger partial charge >= 0.3 is 5.97 Å². The molecule has 0 aliphatic heterocycles. The fourth-order valence-electron chi connectivity index (χ4n) is 1.52. The third-order valence-corrected chi connectivity index (χ3v) is 2.81. The summed E-state index contributed by atoms with van der Waals surface area (Å²) < 4.78 is 1.43. The molecule has 0 radical (unpaired) electrons. The highest BCUT2D eigenvalue weighted by atomic mass is 35.5. The van der Waals surface area contributed by atoms with Gasteiger partial charge in [-0.2, -0.15) is 5.10 Å². The maximum Gasteiger partial charge on any atom is 0.339 e. The van der Waals surface area contributed by atoms with Gasteiger partial charge in [-0.1, -0.05) is 23.2 Å². The Labute approximate surface area is 107 Å². The van der Waals surface area contributed by atoms with Crippen LogP contribution in [0.25, 0.3) is 11.3 Å². The van der Waals surface area contributed by atoms with Crippen molar-refractivity contribution in [3.63, 3.8) is 0 Å². The highest BCUT2D eigenvalue weighted by Crippen LogP contribution is 2.31. The van der Waals surface area contributed by atoms with E-state index in [2.05, 4.69) is 5.10 Å². The molecule has 1 aromatic heterocycles. The van der Waals surface area contributed by atoms with Gasteiger partial charge < -0.3 is 5.11 Å². The molecule has 0 fully saturated rings. The Morgan fingerprint density at radius 1 is 1.41 bits per heavy atom. The molecule has 0 aliphatic carbocycles. The zero-order valence-corrected chi connectivity index (χ0v) is 10.3. The Morgan fingerprint density at radius 3 is 2.76 bits per heavy atom. The SMILES string of the molecule is Cn1cc(C(=O)O)c(-c2cc(Cl)ccc2Cl)n1. The standard InChI is InChI=1S/C11H8Cl2N2O2/c1-15-5-8(11(16)17)10(14-15)7-4-6(12)2-3-9(7)13/h2-5H,1H3,(H,16,17). The monoisotopic (exact) mass is 270 g/mol. The Hall–Kier alpha value is -1.52. The van der Waals surface area contributed by atoms with E-state index >= 15 is 0 Å². The molecule has 1 N–H and O–H groups in total. The first kappa shape index (κ1) is 12.0. The summed E-state index contributed by atoms with van der Waals surface area (Å²) in [5.41, 5.74) is 0.918. The second kappa shape index (κ2) is 4.39. The van der Waals surface area contributed by atoms with E-state index in [0.717, 1.165) is 0 Å². The van der Waals surface area contributed by atoms with Crippen LogP contribution in [-0.2, 0) is 7.05 Å². The molecule has 0 aliphatic rings. The highest BCUT2D eigenvalue weighted by Gasteiger charge is 2.18. The number of aromatic nitrogens is 2. The Morgan fingerprint density at radius 2 is 2.12 bits per heavy atom. The number of nitrogens with zero attached hydrogens (tertiary/aromatic N) is 2. The topological polar surface area (TPSA) is 55.1 Å². The third-order valence-electron chi connectivity index (χ3n) is 2.24.